The molecule has 2 nitrogen and oxygen atoms in total. The third-order valence-corrected chi connectivity index (χ3v) is 5.83. The molecule has 0 aliphatic heterocycles. The number of hydrogen-bond donors (Lipinski definition) is 0. The fourth-order valence-corrected chi connectivity index (χ4v) is 4.35. The number of methoxy groups -OCH3 is 2. The van der Waals surface area contributed by atoms with Crippen molar-refractivity contribution >= 4 is 43.2 Å². The van der Waals surface area contributed by atoms with Gasteiger partial charge < -0.3 is 9.47 Å². The lowest BCUT2D eigenvalue weighted by Crippen LogP contribution is -1.96. The minimum absolute atomic E-state index is 0.139. The summed E-state index contributed by atoms with van der Waals surface area (Å²) in [5.41, 5.74) is 1.12. The van der Waals surface area contributed by atoms with Crippen LogP contribution in [-0.4, -0.2) is 14.2 Å². The Morgan fingerprint density at radius 1 is 1.11 bits per heavy atom. The Balaban J connectivity index is 2.44. The molecule has 0 amide bonds. The van der Waals surface area contributed by atoms with Crippen molar-refractivity contribution in [3.63, 3.8) is 0 Å². The van der Waals surface area contributed by atoms with E-state index in [-0.39, 0.29) is 4.83 Å². The van der Waals surface area contributed by atoms with Gasteiger partial charge in [0.05, 0.1) is 19.0 Å². The highest BCUT2D eigenvalue weighted by molar-refractivity contribution is 9.11. The van der Waals surface area contributed by atoms with Crippen LogP contribution >= 0.6 is 43.2 Å². The minimum atomic E-state index is 0.139. The molecule has 2 rings (SSSR count). The van der Waals surface area contributed by atoms with Crippen LogP contribution in [-0.2, 0) is 0 Å². The molecule has 19 heavy (non-hydrogen) atoms. The third kappa shape index (κ3) is 3.15. The smallest absolute Gasteiger partial charge is 0.161 e. The van der Waals surface area contributed by atoms with Crippen LogP contribution in [0.1, 0.15) is 20.1 Å². The molecule has 0 N–H and O–H groups in total. The fourth-order valence-electron chi connectivity index (χ4n) is 1.81. The van der Waals surface area contributed by atoms with Crippen LogP contribution in [0.15, 0.2) is 28.7 Å². The van der Waals surface area contributed by atoms with Crippen molar-refractivity contribution in [2.45, 2.75) is 11.8 Å². The Hall–Kier alpha value is -0.520. The van der Waals surface area contributed by atoms with Crippen molar-refractivity contribution in [3.05, 3.63) is 44.1 Å². The Morgan fingerprint density at radius 3 is 2.26 bits per heavy atom. The van der Waals surface area contributed by atoms with Crippen LogP contribution in [0, 0.1) is 6.92 Å². The van der Waals surface area contributed by atoms with Gasteiger partial charge >= 0.3 is 0 Å². The molecule has 5 heteroatoms. The summed E-state index contributed by atoms with van der Waals surface area (Å²) in [5.74, 6) is 1.46. The van der Waals surface area contributed by atoms with Crippen LogP contribution in [0.4, 0.5) is 0 Å². The molecule has 0 bridgehead atoms. The second-order valence-corrected chi connectivity index (χ2v) is 7.13. The van der Waals surface area contributed by atoms with Crippen molar-refractivity contribution in [1.29, 1.82) is 0 Å². The summed E-state index contributed by atoms with van der Waals surface area (Å²) in [4.78, 5) is 2.71. The zero-order valence-corrected chi connectivity index (χ0v) is 14.9. The van der Waals surface area contributed by atoms with Gasteiger partial charge in [-0.3, -0.25) is 0 Å². The number of aryl methyl sites for hydroxylation is 1. The van der Waals surface area contributed by atoms with Crippen molar-refractivity contribution < 1.29 is 9.47 Å². The van der Waals surface area contributed by atoms with Crippen LogP contribution in [0.3, 0.4) is 0 Å². The van der Waals surface area contributed by atoms with Crippen LogP contribution in [0.2, 0.25) is 0 Å². The van der Waals surface area contributed by atoms with Crippen LogP contribution in [0.25, 0.3) is 0 Å². The highest BCUT2D eigenvalue weighted by Gasteiger charge is 2.18. The highest BCUT2D eigenvalue weighted by atomic mass is 79.9. The summed E-state index contributed by atoms with van der Waals surface area (Å²) in [6.45, 7) is 2.11. The average Bonchev–Trinajstić information content (AvgIpc) is 2.84. The maximum Gasteiger partial charge on any atom is 0.161 e. The van der Waals surface area contributed by atoms with Gasteiger partial charge in [0.1, 0.15) is 0 Å². The normalized spacial score (nSPS) is 12.3. The zero-order valence-electron chi connectivity index (χ0n) is 10.9. The third-order valence-electron chi connectivity index (χ3n) is 2.79. The summed E-state index contributed by atoms with van der Waals surface area (Å²) >= 11 is 9.13. The first-order chi connectivity index (χ1) is 9.06. The molecular formula is C14H14Br2O2S. The van der Waals surface area contributed by atoms with Crippen molar-refractivity contribution in [1.82, 2.24) is 0 Å². The largest absolute Gasteiger partial charge is 0.493 e. The molecule has 0 aliphatic carbocycles. The van der Waals surface area contributed by atoms with E-state index < -0.39 is 0 Å². The van der Waals surface area contributed by atoms with Gasteiger partial charge in [0.15, 0.2) is 11.5 Å². The number of halogens is 2. The van der Waals surface area contributed by atoms with Crippen molar-refractivity contribution in [2.75, 3.05) is 14.2 Å². The first kappa shape index (κ1) is 14.9. The number of alkyl halides is 1. The predicted octanol–water partition coefficient (Wildman–Crippen LogP) is 5.32. The van der Waals surface area contributed by atoms with Gasteiger partial charge in [-0.05, 0) is 36.8 Å². The summed E-state index contributed by atoms with van der Waals surface area (Å²) in [7, 11) is 3.28. The lowest BCUT2D eigenvalue weighted by Gasteiger charge is -2.15. The van der Waals surface area contributed by atoms with E-state index in [4.69, 9.17) is 9.47 Å². The number of ether oxygens (including phenoxy) is 2. The molecule has 102 valence electrons. The maximum absolute atomic E-state index is 5.36. The molecule has 0 saturated heterocycles. The first-order valence-corrected chi connectivity index (χ1v) is 8.21. The maximum atomic E-state index is 5.36. The molecule has 1 aromatic carbocycles. The summed E-state index contributed by atoms with van der Waals surface area (Å²) in [6.07, 6.45) is 0. The molecule has 1 unspecified atom stereocenters. The predicted molar refractivity (Wildman–Crippen MR) is 87.1 cm³/mol. The second-order valence-electron chi connectivity index (χ2n) is 4.04. The quantitative estimate of drug-likeness (QED) is 0.640. The molecule has 2 aromatic rings. The SMILES string of the molecule is COc1cc(Br)c(C(Br)c2ccc(C)s2)cc1OC. The molecule has 0 fully saturated rings. The van der Waals surface area contributed by atoms with Crippen molar-refractivity contribution in [3.8, 4) is 11.5 Å². The van der Waals surface area contributed by atoms with Gasteiger partial charge in [-0.2, -0.15) is 0 Å². The van der Waals surface area contributed by atoms with Gasteiger partial charge in [0.25, 0.3) is 0 Å². The number of benzene rings is 1. The van der Waals surface area contributed by atoms with Crippen LogP contribution in [0.5, 0.6) is 11.5 Å². The topological polar surface area (TPSA) is 18.5 Å². The van der Waals surface area contributed by atoms with Gasteiger partial charge in [-0.15, -0.1) is 11.3 Å². The Kier molecular flexibility index (Phi) is 4.92. The lowest BCUT2D eigenvalue weighted by molar-refractivity contribution is 0.354. The molecule has 0 radical (unpaired) electrons. The molecule has 1 heterocycles. The molecular weight excluding hydrogens is 392 g/mol. The van der Waals surface area contributed by atoms with E-state index in [1.165, 1.54) is 9.75 Å². The summed E-state index contributed by atoms with van der Waals surface area (Å²) in [6, 6.07) is 8.20. The summed E-state index contributed by atoms with van der Waals surface area (Å²) in [5, 5.41) is 0. The van der Waals surface area contributed by atoms with E-state index in [1.807, 2.05) is 12.1 Å². The number of thiophene rings is 1. The number of rotatable bonds is 4. The molecule has 1 aromatic heterocycles. The fraction of sp³-hybridized carbons (Fsp3) is 0.286. The van der Waals surface area contributed by atoms with Gasteiger partial charge in [-0.25, -0.2) is 0 Å². The van der Waals surface area contributed by atoms with E-state index in [1.54, 1.807) is 25.6 Å². The molecule has 0 aliphatic rings. The standard InChI is InChI=1S/C14H14Br2O2S/c1-8-4-5-13(19-8)14(16)9-6-11(17-2)12(18-3)7-10(9)15/h4-7,14H,1-3H3. The molecule has 0 spiro atoms. The van der Waals surface area contributed by atoms with E-state index in [0.29, 0.717) is 0 Å². The molecule has 0 saturated carbocycles. The van der Waals surface area contributed by atoms with E-state index in [9.17, 15) is 0 Å². The van der Waals surface area contributed by atoms with Crippen LogP contribution < -0.4 is 9.47 Å². The first-order valence-electron chi connectivity index (χ1n) is 5.68. The average molecular weight is 406 g/mol. The van der Waals surface area contributed by atoms with E-state index >= 15 is 0 Å². The van der Waals surface area contributed by atoms with Crippen molar-refractivity contribution in [2.24, 2.45) is 0 Å². The summed E-state index contributed by atoms with van der Waals surface area (Å²) < 4.78 is 11.7. The monoisotopic (exact) mass is 404 g/mol. The zero-order chi connectivity index (χ0) is 14.0. The van der Waals surface area contributed by atoms with Gasteiger partial charge in [0, 0.05) is 14.2 Å². The molecule has 1 atom stereocenters. The Morgan fingerprint density at radius 2 is 1.74 bits per heavy atom. The highest BCUT2D eigenvalue weighted by Crippen LogP contribution is 2.43. The van der Waals surface area contributed by atoms with E-state index in [2.05, 4.69) is 50.9 Å². The van der Waals surface area contributed by atoms with E-state index in [0.717, 1.165) is 21.5 Å². The minimum Gasteiger partial charge on any atom is -0.493 e. The second kappa shape index (κ2) is 6.29. The van der Waals surface area contributed by atoms with Gasteiger partial charge in [0.2, 0.25) is 0 Å². The van der Waals surface area contributed by atoms with Gasteiger partial charge in [-0.1, -0.05) is 31.9 Å². The number of hydrogen-bond acceptors (Lipinski definition) is 3. The Bertz CT molecular complexity index is 581. The Labute approximate surface area is 134 Å². The lowest BCUT2D eigenvalue weighted by atomic mass is 10.1.